The molecule has 2 rings (SSSR count). The first kappa shape index (κ1) is 17.9. The van der Waals surface area contributed by atoms with Crippen LogP contribution in [0, 0.1) is 5.82 Å². The maximum absolute atomic E-state index is 12.8. The van der Waals surface area contributed by atoms with Gasteiger partial charge in [0.25, 0.3) is 11.8 Å². The molecule has 24 heavy (non-hydrogen) atoms. The lowest BCUT2D eigenvalue weighted by Crippen LogP contribution is -2.41. The van der Waals surface area contributed by atoms with Crippen molar-refractivity contribution < 1.29 is 22.4 Å². The van der Waals surface area contributed by atoms with E-state index in [0.29, 0.717) is 0 Å². The van der Waals surface area contributed by atoms with E-state index in [0.717, 1.165) is 24.3 Å². The Bertz CT molecular complexity index is 901. The molecule has 0 aliphatic carbocycles. The summed E-state index contributed by atoms with van der Waals surface area (Å²) in [4.78, 5) is 23.5. The molecule has 2 aromatic rings. The van der Waals surface area contributed by atoms with Gasteiger partial charge in [-0.05, 0) is 42.5 Å². The molecule has 2 amide bonds. The maximum Gasteiger partial charge on any atom is 0.271 e. The van der Waals surface area contributed by atoms with E-state index in [9.17, 15) is 22.4 Å². The van der Waals surface area contributed by atoms with Crippen LogP contribution in [-0.2, 0) is 10.0 Å². The summed E-state index contributed by atoms with van der Waals surface area (Å²) in [6.45, 7) is 0. The van der Waals surface area contributed by atoms with Crippen LogP contribution in [0.1, 0.15) is 20.7 Å². The van der Waals surface area contributed by atoms with E-state index in [1.54, 1.807) is 0 Å². The lowest BCUT2D eigenvalue weighted by Gasteiger charge is -2.09. The lowest BCUT2D eigenvalue weighted by atomic mass is 10.2. The molecule has 10 heteroatoms. The van der Waals surface area contributed by atoms with Crippen molar-refractivity contribution in [3.63, 3.8) is 0 Å². The normalized spacial score (nSPS) is 11.0. The number of rotatable bonds is 3. The van der Waals surface area contributed by atoms with Crippen LogP contribution in [0.2, 0.25) is 5.02 Å². The zero-order chi connectivity index (χ0) is 17.9. The molecule has 2 aromatic carbocycles. The summed E-state index contributed by atoms with van der Waals surface area (Å²) < 4.78 is 35.4. The largest absolute Gasteiger partial charge is 0.271 e. The number of sulfonamides is 1. The lowest BCUT2D eigenvalue weighted by molar-refractivity contribution is 0.0846. The van der Waals surface area contributed by atoms with Gasteiger partial charge in [-0.1, -0.05) is 11.6 Å². The first-order valence-electron chi connectivity index (χ1n) is 6.37. The average molecular weight is 372 g/mol. The highest BCUT2D eigenvalue weighted by Crippen LogP contribution is 2.19. The van der Waals surface area contributed by atoms with Gasteiger partial charge in [0, 0.05) is 5.56 Å². The average Bonchev–Trinajstić information content (AvgIpc) is 2.52. The highest BCUT2D eigenvalue weighted by atomic mass is 35.5. The van der Waals surface area contributed by atoms with E-state index >= 15 is 0 Å². The van der Waals surface area contributed by atoms with Crippen molar-refractivity contribution in [2.45, 2.75) is 4.90 Å². The zero-order valence-corrected chi connectivity index (χ0v) is 13.5. The fraction of sp³-hybridized carbons (Fsp3) is 0. The topological polar surface area (TPSA) is 118 Å². The summed E-state index contributed by atoms with van der Waals surface area (Å²) in [6.07, 6.45) is 0. The first-order valence-corrected chi connectivity index (χ1v) is 8.29. The molecule has 0 fully saturated rings. The van der Waals surface area contributed by atoms with Crippen molar-refractivity contribution >= 4 is 33.4 Å². The first-order chi connectivity index (χ1) is 11.2. The number of amides is 2. The molecule has 0 aliphatic rings. The van der Waals surface area contributed by atoms with Crippen LogP contribution in [0.3, 0.4) is 0 Å². The van der Waals surface area contributed by atoms with Crippen LogP contribution in [0.5, 0.6) is 0 Å². The van der Waals surface area contributed by atoms with Gasteiger partial charge in [0.05, 0.1) is 15.5 Å². The van der Waals surface area contributed by atoms with Gasteiger partial charge in [0.15, 0.2) is 0 Å². The molecule has 0 saturated carbocycles. The van der Waals surface area contributed by atoms with Gasteiger partial charge in [0.2, 0.25) is 10.0 Å². The third kappa shape index (κ3) is 4.28. The van der Waals surface area contributed by atoms with Crippen molar-refractivity contribution in [1.29, 1.82) is 0 Å². The van der Waals surface area contributed by atoms with Crippen molar-refractivity contribution in [2.24, 2.45) is 5.14 Å². The van der Waals surface area contributed by atoms with E-state index in [1.165, 1.54) is 18.2 Å². The smallest absolute Gasteiger partial charge is 0.267 e. The van der Waals surface area contributed by atoms with Crippen molar-refractivity contribution in [3.05, 3.63) is 64.4 Å². The van der Waals surface area contributed by atoms with Crippen LogP contribution in [-0.4, -0.2) is 20.2 Å². The molecule has 0 unspecified atom stereocenters. The second-order valence-corrected chi connectivity index (χ2v) is 6.57. The minimum atomic E-state index is -4.02. The molecule has 0 aliphatic heterocycles. The predicted octanol–water partition coefficient (Wildman–Crippen LogP) is 1.20. The number of carbonyl (C=O) groups excluding carboxylic acids is 2. The molecule has 0 aromatic heterocycles. The van der Waals surface area contributed by atoms with Crippen LogP contribution >= 0.6 is 11.6 Å². The van der Waals surface area contributed by atoms with Crippen LogP contribution < -0.4 is 16.0 Å². The fourth-order valence-electron chi connectivity index (χ4n) is 1.71. The van der Waals surface area contributed by atoms with E-state index in [4.69, 9.17) is 16.7 Å². The number of benzene rings is 2. The Morgan fingerprint density at radius 3 is 2.17 bits per heavy atom. The van der Waals surface area contributed by atoms with E-state index in [-0.39, 0.29) is 21.0 Å². The number of hydrogen-bond donors (Lipinski definition) is 3. The van der Waals surface area contributed by atoms with Crippen molar-refractivity contribution in [1.82, 2.24) is 10.9 Å². The minimum absolute atomic E-state index is 0.0315. The highest BCUT2D eigenvalue weighted by Gasteiger charge is 2.16. The minimum Gasteiger partial charge on any atom is -0.267 e. The summed E-state index contributed by atoms with van der Waals surface area (Å²) in [7, 11) is -4.02. The molecule has 7 nitrogen and oxygen atoms in total. The van der Waals surface area contributed by atoms with E-state index in [2.05, 4.69) is 10.9 Å². The van der Waals surface area contributed by atoms with Crippen molar-refractivity contribution in [3.8, 4) is 0 Å². The SMILES string of the molecule is NS(=O)(=O)c1ccc(Cl)c(C(=O)NNC(=O)c2ccc(F)cc2)c1. The Hall–Kier alpha value is -2.49. The second kappa shape index (κ2) is 6.95. The van der Waals surface area contributed by atoms with E-state index in [1.807, 2.05) is 0 Å². The Morgan fingerprint density at radius 1 is 1.00 bits per heavy atom. The Balaban J connectivity index is 2.12. The molecule has 0 radical (unpaired) electrons. The number of hydrogen-bond acceptors (Lipinski definition) is 4. The summed E-state index contributed by atoms with van der Waals surface area (Å²) >= 11 is 5.84. The summed E-state index contributed by atoms with van der Waals surface area (Å²) in [5.41, 5.74) is 4.10. The number of nitrogens with two attached hydrogens (primary N) is 1. The highest BCUT2D eigenvalue weighted by molar-refractivity contribution is 7.89. The van der Waals surface area contributed by atoms with Gasteiger partial charge in [-0.25, -0.2) is 17.9 Å². The van der Waals surface area contributed by atoms with Gasteiger partial charge in [-0.15, -0.1) is 0 Å². The van der Waals surface area contributed by atoms with Crippen molar-refractivity contribution in [2.75, 3.05) is 0 Å². The number of hydrazine groups is 1. The van der Waals surface area contributed by atoms with Gasteiger partial charge in [0.1, 0.15) is 5.82 Å². The molecule has 4 N–H and O–H groups in total. The summed E-state index contributed by atoms with van der Waals surface area (Å²) in [5.74, 6) is -2.05. The molecule has 0 spiro atoms. The summed E-state index contributed by atoms with van der Waals surface area (Å²) in [5, 5.41) is 4.95. The molecular formula is C14H11ClFN3O4S. The fourth-order valence-corrected chi connectivity index (χ4v) is 2.45. The third-order valence-corrected chi connectivity index (χ3v) is 4.15. The maximum atomic E-state index is 12.8. The quantitative estimate of drug-likeness (QED) is 0.702. The van der Waals surface area contributed by atoms with Gasteiger partial charge in [-0.2, -0.15) is 0 Å². The van der Waals surface area contributed by atoms with Gasteiger partial charge < -0.3 is 0 Å². The molecule has 0 bridgehead atoms. The molecule has 126 valence electrons. The van der Waals surface area contributed by atoms with Gasteiger partial charge >= 0.3 is 0 Å². The zero-order valence-electron chi connectivity index (χ0n) is 11.9. The van der Waals surface area contributed by atoms with E-state index < -0.39 is 27.7 Å². The Kier molecular flexibility index (Phi) is 5.17. The molecular weight excluding hydrogens is 361 g/mol. The molecule has 0 saturated heterocycles. The Morgan fingerprint density at radius 2 is 1.58 bits per heavy atom. The summed E-state index contributed by atoms with van der Waals surface area (Å²) in [6, 6.07) is 7.95. The monoisotopic (exact) mass is 371 g/mol. The van der Waals surface area contributed by atoms with Crippen LogP contribution in [0.4, 0.5) is 4.39 Å². The third-order valence-electron chi connectivity index (χ3n) is 2.91. The molecule has 0 heterocycles. The van der Waals surface area contributed by atoms with Crippen LogP contribution in [0.15, 0.2) is 47.4 Å². The molecule has 0 atom stereocenters. The predicted molar refractivity (Wildman–Crippen MR) is 84.2 cm³/mol. The second-order valence-electron chi connectivity index (χ2n) is 4.60. The number of carbonyl (C=O) groups is 2. The number of halogens is 2. The standard InChI is InChI=1S/C14H11ClFN3O4S/c15-12-6-5-10(24(17,22)23)7-11(12)14(21)19-18-13(20)8-1-3-9(16)4-2-8/h1-7H,(H,18,20)(H,19,21)(H2,17,22,23). The van der Waals surface area contributed by atoms with Gasteiger partial charge in [-0.3, -0.25) is 20.4 Å². The number of nitrogens with one attached hydrogen (secondary N) is 2. The Labute approximate surface area is 141 Å². The number of primary sulfonamides is 1. The van der Waals surface area contributed by atoms with Crippen LogP contribution in [0.25, 0.3) is 0 Å².